The standard InChI is InChI=1S/C14H12N4O4/c19-11-8-15-18(14(22)16-11)7-3-6-17-12(20)9-4-1-2-5-10(9)13(17)21/h1-2,4-5,8H,3,6-7H2,(H,16,19,22). The van der Waals surface area contributed by atoms with Crippen LogP contribution in [-0.4, -0.2) is 38.0 Å². The maximum atomic E-state index is 12.1. The second kappa shape index (κ2) is 5.40. The molecular weight excluding hydrogens is 288 g/mol. The van der Waals surface area contributed by atoms with Crippen molar-refractivity contribution < 1.29 is 9.59 Å². The maximum absolute atomic E-state index is 12.1. The lowest BCUT2D eigenvalue weighted by atomic mass is 10.1. The summed E-state index contributed by atoms with van der Waals surface area (Å²) in [6.45, 7) is 0.378. The number of aromatic amines is 1. The van der Waals surface area contributed by atoms with Gasteiger partial charge in [-0.2, -0.15) is 5.10 Å². The molecule has 1 aliphatic heterocycles. The van der Waals surface area contributed by atoms with E-state index >= 15 is 0 Å². The van der Waals surface area contributed by atoms with Crippen LogP contribution < -0.4 is 11.2 Å². The number of imide groups is 1. The Bertz CT molecular complexity index is 832. The summed E-state index contributed by atoms with van der Waals surface area (Å²) in [6, 6.07) is 6.64. The fourth-order valence-electron chi connectivity index (χ4n) is 2.36. The van der Waals surface area contributed by atoms with Gasteiger partial charge in [-0.1, -0.05) is 12.1 Å². The van der Waals surface area contributed by atoms with Crippen LogP contribution >= 0.6 is 0 Å². The lowest BCUT2D eigenvalue weighted by molar-refractivity contribution is 0.0650. The van der Waals surface area contributed by atoms with Gasteiger partial charge in [0.2, 0.25) is 0 Å². The molecule has 0 saturated heterocycles. The van der Waals surface area contributed by atoms with Gasteiger partial charge in [0.05, 0.1) is 11.1 Å². The fraction of sp³-hybridized carbons (Fsp3) is 0.214. The van der Waals surface area contributed by atoms with Crippen molar-refractivity contribution in [2.45, 2.75) is 13.0 Å². The number of carbonyl (C=O) groups is 2. The number of hydrogen-bond acceptors (Lipinski definition) is 5. The Morgan fingerprint density at radius 2 is 1.59 bits per heavy atom. The molecule has 1 aromatic carbocycles. The van der Waals surface area contributed by atoms with E-state index in [-0.39, 0.29) is 24.9 Å². The van der Waals surface area contributed by atoms with Crippen LogP contribution in [0.5, 0.6) is 0 Å². The van der Waals surface area contributed by atoms with Crippen LogP contribution in [-0.2, 0) is 6.54 Å². The highest BCUT2D eigenvalue weighted by molar-refractivity contribution is 6.21. The zero-order valence-corrected chi connectivity index (χ0v) is 11.5. The van der Waals surface area contributed by atoms with Gasteiger partial charge in [-0.15, -0.1) is 0 Å². The van der Waals surface area contributed by atoms with E-state index in [4.69, 9.17) is 0 Å². The van der Waals surface area contributed by atoms with E-state index in [0.717, 1.165) is 15.8 Å². The molecule has 3 rings (SSSR count). The predicted molar refractivity (Wildman–Crippen MR) is 75.5 cm³/mol. The van der Waals surface area contributed by atoms with E-state index in [0.29, 0.717) is 17.5 Å². The summed E-state index contributed by atoms with van der Waals surface area (Å²) in [4.78, 5) is 49.9. The first-order chi connectivity index (χ1) is 10.6. The maximum Gasteiger partial charge on any atom is 0.344 e. The number of nitrogens with one attached hydrogen (secondary N) is 1. The molecule has 2 aromatic rings. The molecule has 0 aliphatic carbocycles. The summed E-state index contributed by atoms with van der Waals surface area (Å²) >= 11 is 0. The molecule has 112 valence electrons. The van der Waals surface area contributed by atoms with Crippen molar-refractivity contribution in [1.82, 2.24) is 19.7 Å². The Kier molecular flexibility index (Phi) is 3.42. The number of amides is 2. The van der Waals surface area contributed by atoms with Crippen molar-refractivity contribution in [3.8, 4) is 0 Å². The Hall–Kier alpha value is -3.03. The number of rotatable bonds is 4. The summed E-state index contributed by atoms with van der Waals surface area (Å²) in [7, 11) is 0. The highest BCUT2D eigenvalue weighted by Gasteiger charge is 2.34. The summed E-state index contributed by atoms with van der Waals surface area (Å²) in [5.41, 5.74) is -0.393. The van der Waals surface area contributed by atoms with Crippen LogP contribution in [0.1, 0.15) is 27.1 Å². The van der Waals surface area contributed by atoms with Crippen molar-refractivity contribution in [2.75, 3.05) is 6.54 Å². The number of benzene rings is 1. The predicted octanol–water partition coefficient (Wildman–Crippen LogP) is -0.382. The smallest absolute Gasteiger partial charge is 0.274 e. The van der Waals surface area contributed by atoms with Gasteiger partial charge in [0.15, 0.2) is 0 Å². The van der Waals surface area contributed by atoms with Gasteiger partial charge >= 0.3 is 5.69 Å². The van der Waals surface area contributed by atoms with E-state index in [1.807, 2.05) is 0 Å². The number of hydrogen-bond donors (Lipinski definition) is 1. The van der Waals surface area contributed by atoms with Gasteiger partial charge < -0.3 is 0 Å². The van der Waals surface area contributed by atoms with Gasteiger partial charge in [0.1, 0.15) is 6.20 Å². The molecule has 2 heterocycles. The Morgan fingerprint density at radius 3 is 2.18 bits per heavy atom. The molecule has 8 nitrogen and oxygen atoms in total. The minimum Gasteiger partial charge on any atom is -0.274 e. The number of nitrogens with zero attached hydrogens (tertiary/aromatic N) is 3. The molecule has 22 heavy (non-hydrogen) atoms. The number of fused-ring (bicyclic) bond motifs is 1. The topological polar surface area (TPSA) is 105 Å². The van der Waals surface area contributed by atoms with Crippen LogP contribution in [0.2, 0.25) is 0 Å². The highest BCUT2D eigenvalue weighted by atomic mass is 16.2. The Morgan fingerprint density at radius 1 is 0.955 bits per heavy atom. The quantitative estimate of drug-likeness (QED) is 0.775. The zero-order chi connectivity index (χ0) is 15.7. The normalized spacial score (nSPS) is 13.5. The van der Waals surface area contributed by atoms with E-state index < -0.39 is 11.2 Å². The molecule has 0 saturated carbocycles. The second-order valence-electron chi connectivity index (χ2n) is 4.82. The van der Waals surface area contributed by atoms with Gasteiger partial charge in [0, 0.05) is 13.1 Å². The minimum absolute atomic E-state index is 0.180. The molecule has 0 radical (unpaired) electrons. The molecule has 1 aromatic heterocycles. The third-order valence-corrected chi connectivity index (χ3v) is 3.41. The number of carbonyl (C=O) groups excluding carboxylic acids is 2. The van der Waals surface area contributed by atoms with Crippen molar-refractivity contribution in [3.05, 3.63) is 62.4 Å². The van der Waals surface area contributed by atoms with E-state index in [1.54, 1.807) is 24.3 Å². The number of aryl methyl sites for hydroxylation is 1. The van der Waals surface area contributed by atoms with Gasteiger partial charge in [-0.3, -0.25) is 24.3 Å². The Balaban J connectivity index is 1.68. The highest BCUT2D eigenvalue weighted by Crippen LogP contribution is 2.22. The van der Waals surface area contributed by atoms with Crippen LogP contribution in [0.25, 0.3) is 0 Å². The van der Waals surface area contributed by atoms with Crippen molar-refractivity contribution in [3.63, 3.8) is 0 Å². The largest absolute Gasteiger partial charge is 0.344 e. The van der Waals surface area contributed by atoms with Crippen LogP contribution in [0.4, 0.5) is 0 Å². The first-order valence-corrected chi connectivity index (χ1v) is 6.69. The molecule has 1 aliphatic rings. The average molecular weight is 300 g/mol. The second-order valence-corrected chi connectivity index (χ2v) is 4.82. The fourth-order valence-corrected chi connectivity index (χ4v) is 2.36. The lowest BCUT2D eigenvalue weighted by Gasteiger charge is -2.13. The van der Waals surface area contributed by atoms with Crippen LogP contribution in [0.15, 0.2) is 40.1 Å². The SMILES string of the molecule is O=C1c2ccccc2C(=O)N1CCCn1ncc(=O)[nH]c1=O. The minimum atomic E-state index is -0.616. The molecule has 0 fully saturated rings. The van der Waals surface area contributed by atoms with E-state index in [1.165, 1.54) is 0 Å². The summed E-state index contributed by atoms with van der Waals surface area (Å²) in [5, 5.41) is 3.69. The summed E-state index contributed by atoms with van der Waals surface area (Å²) in [5.74, 6) is -0.662. The number of aromatic nitrogens is 3. The molecule has 0 atom stereocenters. The van der Waals surface area contributed by atoms with E-state index in [2.05, 4.69) is 10.1 Å². The zero-order valence-electron chi connectivity index (χ0n) is 11.5. The van der Waals surface area contributed by atoms with Crippen molar-refractivity contribution in [2.24, 2.45) is 0 Å². The first kappa shape index (κ1) is 13.9. The summed E-state index contributed by atoms with van der Waals surface area (Å²) < 4.78 is 1.08. The van der Waals surface area contributed by atoms with Crippen molar-refractivity contribution >= 4 is 11.8 Å². The third kappa shape index (κ3) is 2.34. The van der Waals surface area contributed by atoms with Crippen LogP contribution in [0, 0.1) is 0 Å². The van der Waals surface area contributed by atoms with Gasteiger partial charge in [-0.05, 0) is 18.6 Å². The van der Waals surface area contributed by atoms with Crippen molar-refractivity contribution in [1.29, 1.82) is 0 Å². The molecular formula is C14H12N4O4. The molecule has 0 unspecified atom stereocenters. The van der Waals surface area contributed by atoms with Gasteiger partial charge in [0.25, 0.3) is 17.4 Å². The van der Waals surface area contributed by atoms with Gasteiger partial charge in [-0.25, -0.2) is 9.48 Å². The summed E-state index contributed by atoms with van der Waals surface area (Å²) in [6.07, 6.45) is 1.37. The lowest BCUT2D eigenvalue weighted by Crippen LogP contribution is -2.34. The molecule has 1 N–H and O–H groups in total. The first-order valence-electron chi connectivity index (χ1n) is 6.69. The monoisotopic (exact) mass is 300 g/mol. The molecule has 8 heteroatoms. The molecule has 0 spiro atoms. The van der Waals surface area contributed by atoms with E-state index in [9.17, 15) is 19.2 Å². The Labute approximate surface area is 124 Å². The number of H-pyrrole nitrogens is 1. The van der Waals surface area contributed by atoms with Crippen LogP contribution in [0.3, 0.4) is 0 Å². The third-order valence-electron chi connectivity index (χ3n) is 3.41. The molecule has 2 amide bonds. The molecule has 0 bridgehead atoms. The average Bonchev–Trinajstić information content (AvgIpc) is 2.75.